The SMILES string of the molecule is COc1ccc2nccc(C(O)CC[C@@H]3CCN(CC#Cc4ccccc4)C[C@@H]3CO)c2c1. The lowest BCUT2D eigenvalue weighted by molar-refractivity contribution is 0.0640. The van der Waals surface area contributed by atoms with E-state index in [9.17, 15) is 10.2 Å². The summed E-state index contributed by atoms with van der Waals surface area (Å²) in [6, 6.07) is 17.7. The Morgan fingerprint density at radius 1 is 1.15 bits per heavy atom. The summed E-state index contributed by atoms with van der Waals surface area (Å²) in [4.78, 5) is 6.74. The Labute approximate surface area is 196 Å². The van der Waals surface area contributed by atoms with E-state index in [4.69, 9.17) is 4.74 Å². The zero-order valence-electron chi connectivity index (χ0n) is 19.2. The zero-order valence-corrected chi connectivity index (χ0v) is 19.2. The van der Waals surface area contributed by atoms with Crippen molar-refractivity contribution in [3.63, 3.8) is 0 Å². The summed E-state index contributed by atoms with van der Waals surface area (Å²) in [5.74, 6) is 7.84. The minimum absolute atomic E-state index is 0.165. The van der Waals surface area contributed by atoms with E-state index >= 15 is 0 Å². The highest BCUT2D eigenvalue weighted by Crippen LogP contribution is 2.33. The maximum absolute atomic E-state index is 11.0. The van der Waals surface area contributed by atoms with Gasteiger partial charge in [-0.2, -0.15) is 0 Å². The summed E-state index contributed by atoms with van der Waals surface area (Å²) in [5, 5.41) is 21.9. The highest BCUT2D eigenvalue weighted by atomic mass is 16.5. The highest BCUT2D eigenvalue weighted by Gasteiger charge is 2.29. The number of aliphatic hydroxyl groups is 2. The molecule has 4 rings (SSSR count). The smallest absolute Gasteiger partial charge is 0.119 e. The molecule has 1 unspecified atom stereocenters. The number of hydrogen-bond acceptors (Lipinski definition) is 5. The molecular weight excluding hydrogens is 412 g/mol. The molecule has 1 fully saturated rings. The van der Waals surface area contributed by atoms with Crippen LogP contribution in [0.3, 0.4) is 0 Å². The molecule has 172 valence electrons. The van der Waals surface area contributed by atoms with Crippen LogP contribution in [0.1, 0.15) is 36.5 Å². The Morgan fingerprint density at radius 3 is 2.79 bits per heavy atom. The number of hydrogen-bond donors (Lipinski definition) is 2. The first-order valence-corrected chi connectivity index (χ1v) is 11.7. The predicted octanol–water partition coefficient (Wildman–Crippen LogP) is 4.04. The third-order valence-corrected chi connectivity index (χ3v) is 6.67. The molecule has 0 radical (unpaired) electrons. The third-order valence-electron chi connectivity index (χ3n) is 6.67. The largest absolute Gasteiger partial charge is 0.497 e. The quantitative estimate of drug-likeness (QED) is 0.539. The number of aromatic nitrogens is 1. The molecule has 0 bridgehead atoms. The molecule has 0 aliphatic carbocycles. The Hall–Kier alpha value is -2.91. The number of piperidine rings is 1. The van der Waals surface area contributed by atoms with Crippen LogP contribution in [0, 0.1) is 23.7 Å². The fourth-order valence-electron chi connectivity index (χ4n) is 4.75. The standard InChI is InChI=1S/C28H32N2O3/c1-33-24-10-11-27-26(18-24)25(13-15-29-27)28(32)12-9-22-14-17-30(19-23(22)20-31)16-5-8-21-6-3-2-4-7-21/h2-4,6-7,10-11,13,15,18,22-23,28,31-32H,9,12,14,16-17,19-20H2,1H3/t22-,23-,28?/m1/s1. The van der Waals surface area contributed by atoms with Gasteiger partial charge in [-0.1, -0.05) is 30.0 Å². The molecule has 1 aromatic heterocycles. The summed E-state index contributed by atoms with van der Waals surface area (Å²) in [6.45, 7) is 2.69. The molecule has 0 spiro atoms. The Morgan fingerprint density at radius 2 is 2.00 bits per heavy atom. The lowest BCUT2D eigenvalue weighted by atomic mass is 9.81. The van der Waals surface area contributed by atoms with Crippen LogP contribution >= 0.6 is 0 Å². The van der Waals surface area contributed by atoms with Crippen molar-refractivity contribution in [1.82, 2.24) is 9.88 Å². The average Bonchev–Trinajstić information content (AvgIpc) is 2.87. The fraction of sp³-hybridized carbons (Fsp3) is 0.393. The highest BCUT2D eigenvalue weighted by molar-refractivity contribution is 5.83. The normalized spacial score (nSPS) is 19.6. The maximum atomic E-state index is 11.0. The van der Waals surface area contributed by atoms with E-state index < -0.39 is 6.10 Å². The lowest BCUT2D eigenvalue weighted by Gasteiger charge is -2.37. The van der Waals surface area contributed by atoms with E-state index in [0.29, 0.717) is 18.9 Å². The van der Waals surface area contributed by atoms with Gasteiger partial charge in [-0.3, -0.25) is 9.88 Å². The van der Waals surface area contributed by atoms with Crippen molar-refractivity contribution in [1.29, 1.82) is 0 Å². The van der Waals surface area contributed by atoms with Gasteiger partial charge in [0.1, 0.15) is 5.75 Å². The molecule has 2 N–H and O–H groups in total. The summed E-state index contributed by atoms with van der Waals surface area (Å²) < 4.78 is 5.35. The molecule has 2 aromatic carbocycles. The van der Waals surface area contributed by atoms with Gasteiger partial charge in [0.05, 0.1) is 25.3 Å². The van der Waals surface area contributed by atoms with Crippen LogP contribution in [0.4, 0.5) is 0 Å². The molecule has 2 heterocycles. The number of likely N-dealkylation sites (tertiary alicyclic amines) is 1. The number of aliphatic hydroxyl groups excluding tert-OH is 2. The molecule has 33 heavy (non-hydrogen) atoms. The summed E-state index contributed by atoms with van der Waals surface area (Å²) in [6.07, 6.45) is 3.72. The van der Waals surface area contributed by atoms with Crippen molar-refractivity contribution in [3.8, 4) is 17.6 Å². The topological polar surface area (TPSA) is 65.8 Å². The summed E-state index contributed by atoms with van der Waals surface area (Å²) in [5.41, 5.74) is 2.76. The fourth-order valence-corrected chi connectivity index (χ4v) is 4.75. The number of nitrogens with zero attached hydrogens (tertiary/aromatic N) is 2. The van der Waals surface area contributed by atoms with E-state index in [1.54, 1.807) is 13.3 Å². The minimum Gasteiger partial charge on any atom is -0.497 e. The number of ether oxygens (including phenoxy) is 1. The second kappa shape index (κ2) is 11.3. The van der Waals surface area contributed by atoms with Gasteiger partial charge in [-0.15, -0.1) is 0 Å². The second-order valence-corrected chi connectivity index (χ2v) is 8.77. The maximum Gasteiger partial charge on any atom is 0.119 e. The molecule has 5 heteroatoms. The van der Waals surface area contributed by atoms with Crippen LogP contribution in [0.15, 0.2) is 60.8 Å². The van der Waals surface area contributed by atoms with Crippen LogP contribution in [0.5, 0.6) is 5.75 Å². The first-order valence-electron chi connectivity index (χ1n) is 11.7. The summed E-state index contributed by atoms with van der Waals surface area (Å²) in [7, 11) is 1.64. The molecule has 0 amide bonds. The van der Waals surface area contributed by atoms with Gasteiger partial charge in [-0.05, 0) is 79.6 Å². The van der Waals surface area contributed by atoms with Crippen molar-refractivity contribution in [2.75, 3.05) is 33.4 Å². The van der Waals surface area contributed by atoms with E-state index in [-0.39, 0.29) is 12.5 Å². The van der Waals surface area contributed by atoms with Gasteiger partial charge in [-0.25, -0.2) is 0 Å². The van der Waals surface area contributed by atoms with E-state index in [1.165, 1.54) is 0 Å². The Kier molecular flexibility index (Phi) is 7.96. The third kappa shape index (κ3) is 5.91. The van der Waals surface area contributed by atoms with Crippen LogP contribution < -0.4 is 4.74 Å². The molecule has 3 aromatic rings. The molecule has 1 aliphatic heterocycles. The van der Waals surface area contributed by atoms with E-state index in [1.807, 2.05) is 54.6 Å². The number of rotatable bonds is 7. The average molecular weight is 445 g/mol. The van der Waals surface area contributed by atoms with Crippen LogP contribution in [-0.2, 0) is 0 Å². The second-order valence-electron chi connectivity index (χ2n) is 8.77. The van der Waals surface area contributed by atoms with Gasteiger partial charge in [0, 0.05) is 30.3 Å². The van der Waals surface area contributed by atoms with Crippen molar-refractivity contribution in [2.24, 2.45) is 11.8 Å². The van der Waals surface area contributed by atoms with Gasteiger partial charge in [0.15, 0.2) is 0 Å². The van der Waals surface area contributed by atoms with Gasteiger partial charge < -0.3 is 14.9 Å². The first kappa shape index (κ1) is 23.3. The Balaban J connectivity index is 1.34. The van der Waals surface area contributed by atoms with E-state index in [2.05, 4.69) is 21.7 Å². The molecule has 1 saturated heterocycles. The molecule has 3 atom stereocenters. The van der Waals surface area contributed by atoms with Crippen molar-refractivity contribution >= 4 is 10.9 Å². The predicted molar refractivity (Wildman–Crippen MR) is 131 cm³/mol. The van der Waals surface area contributed by atoms with E-state index in [0.717, 1.165) is 53.7 Å². The molecule has 1 aliphatic rings. The van der Waals surface area contributed by atoms with Crippen molar-refractivity contribution < 1.29 is 14.9 Å². The number of methoxy groups -OCH3 is 1. The van der Waals surface area contributed by atoms with Crippen molar-refractivity contribution in [2.45, 2.75) is 25.4 Å². The van der Waals surface area contributed by atoms with Crippen LogP contribution in [0.25, 0.3) is 10.9 Å². The number of fused-ring (bicyclic) bond motifs is 1. The molecule has 5 nitrogen and oxygen atoms in total. The van der Waals surface area contributed by atoms with Gasteiger partial charge >= 0.3 is 0 Å². The minimum atomic E-state index is -0.572. The molecule has 0 saturated carbocycles. The number of pyridine rings is 1. The van der Waals surface area contributed by atoms with Gasteiger partial charge in [0.25, 0.3) is 0 Å². The number of benzene rings is 2. The Bertz CT molecular complexity index is 1110. The lowest BCUT2D eigenvalue weighted by Crippen LogP contribution is -2.42. The first-order chi connectivity index (χ1) is 16.2. The zero-order chi connectivity index (χ0) is 23.0. The monoisotopic (exact) mass is 444 g/mol. The van der Waals surface area contributed by atoms with Crippen LogP contribution in [0.2, 0.25) is 0 Å². The van der Waals surface area contributed by atoms with Crippen LogP contribution in [-0.4, -0.2) is 53.4 Å². The van der Waals surface area contributed by atoms with Gasteiger partial charge in [0.2, 0.25) is 0 Å². The summed E-state index contributed by atoms with van der Waals surface area (Å²) >= 11 is 0. The van der Waals surface area contributed by atoms with Crippen molar-refractivity contribution in [3.05, 3.63) is 71.9 Å². The molecular formula is C28H32N2O3.